The third-order valence-electron chi connectivity index (χ3n) is 4.09. The van der Waals surface area contributed by atoms with Crippen molar-refractivity contribution in [3.8, 4) is 0 Å². The Morgan fingerprint density at radius 1 is 0.773 bits per heavy atom. The molecule has 0 bridgehead atoms. The molecule has 0 atom stereocenters. The Kier molecular flexibility index (Phi) is 3.06. The van der Waals surface area contributed by atoms with Gasteiger partial charge in [0.05, 0.1) is 0 Å². The highest BCUT2D eigenvalue weighted by molar-refractivity contribution is 6.84. The Morgan fingerprint density at radius 2 is 1.41 bits per heavy atom. The highest BCUT2D eigenvalue weighted by atomic mass is 16.4. The summed E-state index contributed by atoms with van der Waals surface area (Å²) in [5, 5.41) is 28.4. The maximum atomic E-state index is 9.58. The number of rotatable bonds is 2. The maximum absolute atomic E-state index is 9.58. The van der Waals surface area contributed by atoms with Gasteiger partial charge in [-0.3, -0.25) is 0 Å². The lowest BCUT2D eigenvalue weighted by Gasteiger charge is -2.28. The van der Waals surface area contributed by atoms with E-state index in [1.54, 1.807) is 12.1 Å². The second-order valence-corrected chi connectivity index (χ2v) is 5.43. The second kappa shape index (κ2) is 5.09. The van der Waals surface area contributed by atoms with Gasteiger partial charge in [-0.25, -0.2) is 0 Å². The van der Waals surface area contributed by atoms with Gasteiger partial charge in [0.2, 0.25) is 0 Å². The first kappa shape index (κ1) is 13.2. The van der Waals surface area contributed by atoms with E-state index in [0.29, 0.717) is 5.46 Å². The molecule has 0 aromatic heterocycles. The first-order valence-electron chi connectivity index (χ1n) is 7.24. The molecule has 1 aliphatic rings. The monoisotopic (exact) mass is 288 g/mol. The van der Waals surface area contributed by atoms with Crippen LogP contribution in [0.15, 0.2) is 60.7 Å². The lowest BCUT2D eigenvalue weighted by molar-refractivity contribution is 0.426. The standard InChI is InChI=1S/C16H14B2N2O2/c21-18(22)13-8-2-1-7-12(13)17-19-14-9-3-5-11-6-4-10-15(20-17)16(11)14/h1-10,19-22H. The zero-order chi connectivity index (χ0) is 15.1. The molecule has 1 aliphatic heterocycles. The number of nitrogens with one attached hydrogen (secondary N) is 2. The third kappa shape index (κ3) is 2.04. The average Bonchev–Trinajstić information content (AvgIpc) is 2.55. The Labute approximate surface area is 129 Å². The summed E-state index contributed by atoms with van der Waals surface area (Å²) in [6.45, 7) is -0.210. The van der Waals surface area contributed by atoms with Crippen LogP contribution in [-0.2, 0) is 0 Å². The SMILES string of the molecule is OB(O)c1ccccc1B1Nc2cccc3cccc(c23)N1. The van der Waals surface area contributed by atoms with Crippen molar-refractivity contribution in [2.45, 2.75) is 0 Å². The molecule has 3 aromatic carbocycles. The van der Waals surface area contributed by atoms with Crippen molar-refractivity contribution < 1.29 is 10.0 Å². The van der Waals surface area contributed by atoms with E-state index >= 15 is 0 Å². The summed E-state index contributed by atoms with van der Waals surface area (Å²) in [6, 6.07) is 19.6. The molecule has 0 radical (unpaired) electrons. The zero-order valence-electron chi connectivity index (χ0n) is 11.8. The van der Waals surface area contributed by atoms with Crippen LogP contribution in [0.2, 0.25) is 0 Å². The Hall–Kier alpha value is -2.43. The van der Waals surface area contributed by atoms with Crippen molar-refractivity contribution in [3.63, 3.8) is 0 Å². The third-order valence-corrected chi connectivity index (χ3v) is 4.09. The van der Waals surface area contributed by atoms with E-state index in [4.69, 9.17) is 0 Å². The Morgan fingerprint density at radius 3 is 2.05 bits per heavy atom. The minimum atomic E-state index is -1.49. The van der Waals surface area contributed by atoms with E-state index in [1.165, 1.54) is 5.39 Å². The molecule has 0 amide bonds. The Bertz CT molecular complexity index is 814. The van der Waals surface area contributed by atoms with E-state index < -0.39 is 7.12 Å². The van der Waals surface area contributed by atoms with Crippen LogP contribution >= 0.6 is 0 Å². The molecule has 3 aromatic rings. The number of hydrogen-bond acceptors (Lipinski definition) is 4. The van der Waals surface area contributed by atoms with Gasteiger partial charge in [-0.15, -0.1) is 0 Å². The number of anilines is 2. The lowest BCUT2D eigenvalue weighted by atomic mass is 9.58. The highest BCUT2D eigenvalue weighted by Gasteiger charge is 2.29. The minimum Gasteiger partial charge on any atom is -0.423 e. The summed E-state index contributed by atoms with van der Waals surface area (Å²) in [6.07, 6.45) is 0. The van der Waals surface area contributed by atoms with Crippen molar-refractivity contribution in [2.75, 3.05) is 10.5 Å². The molecular weight excluding hydrogens is 274 g/mol. The molecule has 106 valence electrons. The molecule has 4 nitrogen and oxygen atoms in total. The van der Waals surface area contributed by atoms with Gasteiger partial charge in [-0.1, -0.05) is 48.5 Å². The first-order chi connectivity index (χ1) is 10.7. The predicted octanol–water partition coefficient (Wildman–Crippen LogP) is 0.752. The Balaban J connectivity index is 1.83. The quantitative estimate of drug-likeness (QED) is 0.526. The molecule has 0 spiro atoms. The van der Waals surface area contributed by atoms with Gasteiger partial charge < -0.3 is 20.5 Å². The van der Waals surface area contributed by atoms with E-state index in [9.17, 15) is 10.0 Å². The fraction of sp³-hybridized carbons (Fsp3) is 0. The molecule has 0 fully saturated rings. The van der Waals surface area contributed by atoms with Crippen LogP contribution < -0.4 is 21.4 Å². The molecular formula is C16H14B2N2O2. The summed E-state index contributed by atoms with van der Waals surface area (Å²) in [4.78, 5) is 0. The molecule has 6 heteroatoms. The van der Waals surface area contributed by atoms with Gasteiger partial charge in [0.25, 0.3) is 0 Å². The fourth-order valence-corrected chi connectivity index (χ4v) is 3.09. The minimum absolute atomic E-state index is 0.210. The van der Waals surface area contributed by atoms with Gasteiger partial charge in [-0.2, -0.15) is 0 Å². The maximum Gasteiger partial charge on any atom is 0.488 e. The van der Waals surface area contributed by atoms with Crippen LogP contribution in [0.4, 0.5) is 11.4 Å². The molecule has 22 heavy (non-hydrogen) atoms. The largest absolute Gasteiger partial charge is 0.488 e. The zero-order valence-corrected chi connectivity index (χ0v) is 11.8. The van der Waals surface area contributed by atoms with E-state index in [0.717, 1.165) is 22.2 Å². The van der Waals surface area contributed by atoms with Crippen molar-refractivity contribution in [2.24, 2.45) is 0 Å². The van der Waals surface area contributed by atoms with E-state index in [-0.39, 0.29) is 6.98 Å². The summed E-state index contributed by atoms with van der Waals surface area (Å²) in [5.41, 5.74) is 3.40. The number of benzene rings is 3. The molecule has 0 saturated carbocycles. The van der Waals surface area contributed by atoms with E-state index in [1.807, 2.05) is 36.4 Å². The van der Waals surface area contributed by atoms with Crippen LogP contribution in [0.25, 0.3) is 10.8 Å². The molecule has 0 saturated heterocycles. The van der Waals surface area contributed by atoms with Crippen molar-refractivity contribution in [1.29, 1.82) is 0 Å². The summed E-state index contributed by atoms with van der Waals surface area (Å²) < 4.78 is 0. The average molecular weight is 288 g/mol. The molecule has 0 unspecified atom stereocenters. The number of hydrogen-bond donors (Lipinski definition) is 4. The van der Waals surface area contributed by atoms with Crippen LogP contribution in [-0.4, -0.2) is 24.1 Å². The topological polar surface area (TPSA) is 64.5 Å². The van der Waals surface area contributed by atoms with Crippen LogP contribution in [0.3, 0.4) is 0 Å². The highest BCUT2D eigenvalue weighted by Crippen LogP contribution is 2.33. The van der Waals surface area contributed by atoms with Crippen molar-refractivity contribution in [3.05, 3.63) is 60.7 Å². The second-order valence-electron chi connectivity index (χ2n) is 5.43. The van der Waals surface area contributed by atoms with Gasteiger partial charge >= 0.3 is 14.1 Å². The smallest absolute Gasteiger partial charge is 0.423 e. The van der Waals surface area contributed by atoms with Crippen LogP contribution in [0.5, 0.6) is 0 Å². The van der Waals surface area contributed by atoms with Gasteiger partial charge in [-0.05, 0) is 28.4 Å². The van der Waals surface area contributed by atoms with Crippen molar-refractivity contribution >= 4 is 47.2 Å². The summed E-state index contributed by atoms with van der Waals surface area (Å²) in [7, 11) is -1.49. The summed E-state index contributed by atoms with van der Waals surface area (Å²) >= 11 is 0. The first-order valence-corrected chi connectivity index (χ1v) is 7.24. The molecule has 4 N–H and O–H groups in total. The van der Waals surface area contributed by atoms with E-state index in [2.05, 4.69) is 22.6 Å². The molecule has 0 aliphatic carbocycles. The molecule has 1 heterocycles. The normalized spacial score (nSPS) is 12.7. The lowest BCUT2D eigenvalue weighted by Crippen LogP contribution is -2.57. The summed E-state index contributed by atoms with van der Waals surface area (Å²) in [5.74, 6) is 0. The van der Waals surface area contributed by atoms with Gasteiger partial charge in [0.15, 0.2) is 0 Å². The molecule has 4 rings (SSSR count). The predicted molar refractivity (Wildman–Crippen MR) is 92.8 cm³/mol. The fourth-order valence-electron chi connectivity index (χ4n) is 3.09. The van der Waals surface area contributed by atoms with Crippen molar-refractivity contribution in [1.82, 2.24) is 0 Å². The van der Waals surface area contributed by atoms with Gasteiger partial charge in [0.1, 0.15) is 0 Å². The van der Waals surface area contributed by atoms with Gasteiger partial charge in [0, 0.05) is 16.8 Å². The van der Waals surface area contributed by atoms with Crippen LogP contribution in [0.1, 0.15) is 0 Å². The van der Waals surface area contributed by atoms with Crippen LogP contribution in [0, 0.1) is 0 Å².